The molecule has 0 aromatic heterocycles. The van der Waals surface area contributed by atoms with Crippen LogP contribution >= 0.6 is 0 Å². The third-order valence-electron chi connectivity index (χ3n) is 9.03. The molecule has 1 N–H and O–H groups in total. The third kappa shape index (κ3) is 2.47. The highest BCUT2D eigenvalue weighted by Gasteiger charge is 2.60. The fraction of sp³-hybridized carbons (Fsp3) is 0.818. The number of amides is 1. The number of fused-ring (bicyclic) bond motifs is 5. The smallest absolute Gasteiger partial charge is 0.303 e. The summed E-state index contributed by atoms with van der Waals surface area (Å²) in [5, 5.41) is 9.11. The van der Waals surface area contributed by atoms with Crippen molar-refractivity contribution in [1.29, 1.82) is 0 Å². The second kappa shape index (κ2) is 6.10. The van der Waals surface area contributed by atoms with E-state index in [9.17, 15) is 9.59 Å². The molecule has 1 aliphatic heterocycles. The maximum Gasteiger partial charge on any atom is 0.303 e. The van der Waals surface area contributed by atoms with E-state index < -0.39 is 5.97 Å². The highest BCUT2D eigenvalue weighted by atomic mass is 16.4. The van der Waals surface area contributed by atoms with Gasteiger partial charge in [-0.25, -0.2) is 0 Å². The molecule has 0 bridgehead atoms. The lowest BCUT2D eigenvalue weighted by Gasteiger charge is -2.60. The Bertz CT molecular complexity index is 643. The molecule has 3 unspecified atom stereocenters. The zero-order valence-electron chi connectivity index (χ0n) is 16.4. The molecule has 1 heterocycles. The lowest BCUT2D eigenvalue weighted by Crippen LogP contribution is -2.59. The molecule has 0 spiro atoms. The van der Waals surface area contributed by atoms with Crippen molar-refractivity contribution in [3.05, 3.63) is 12.2 Å². The largest absolute Gasteiger partial charge is 0.481 e. The van der Waals surface area contributed by atoms with Gasteiger partial charge in [-0.1, -0.05) is 19.9 Å². The quantitative estimate of drug-likeness (QED) is 0.825. The van der Waals surface area contributed by atoms with Gasteiger partial charge in [0, 0.05) is 24.9 Å². The Morgan fingerprint density at radius 2 is 1.96 bits per heavy atom. The fourth-order valence-electron chi connectivity index (χ4n) is 7.62. The average Bonchev–Trinajstić information content (AvgIpc) is 2.93. The van der Waals surface area contributed by atoms with Gasteiger partial charge in [0.15, 0.2) is 0 Å². The van der Waals surface area contributed by atoms with Crippen molar-refractivity contribution < 1.29 is 14.7 Å². The van der Waals surface area contributed by atoms with Gasteiger partial charge in [-0.15, -0.1) is 0 Å². The van der Waals surface area contributed by atoms with Gasteiger partial charge in [0.1, 0.15) is 0 Å². The molecule has 4 aliphatic rings. The van der Waals surface area contributed by atoms with Crippen LogP contribution in [-0.2, 0) is 9.59 Å². The molecule has 1 amide bonds. The highest BCUT2D eigenvalue weighted by molar-refractivity contribution is 5.89. The molecule has 26 heavy (non-hydrogen) atoms. The summed E-state index contributed by atoms with van der Waals surface area (Å²) < 4.78 is 0. The first-order valence-electron chi connectivity index (χ1n) is 10.4. The number of carboxylic acid groups (broad SMARTS) is 1. The molecule has 4 heteroatoms. The minimum atomic E-state index is -0.654. The summed E-state index contributed by atoms with van der Waals surface area (Å²) in [4.78, 5) is 25.2. The van der Waals surface area contributed by atoms with Gasteiger partial charge in [-0.3, -0.25) is 9.59 Å². The van der Waals surface area contributed by atoms with E-state index >= 15 is 0 Å². The Hall–Kier alpha value is -1.32. The molecule has 4 nitrogen and oxygen atoms in total. The van der Waals surface area contributed by atoms with E-state index in [0.29, 0.717) is 29.7 Å². The van der Waals surface area contributed by atoms with Crippen LogP contribution in [0.15, 0.2) is 12.2 Å². The first-order valence-corrected chi connectivity index (χ1v) is 10.4. The molecule has 0 aromatic carbocycles. The van der Waals surface area contributed by atoms with Crippen molar-refractivity contribution in [2.75, 3.05) is 7.05 Å². The van der Waals surface area contributed by atoms with Crippen molar-refractivity contribution >= 4 is 11.9 Å². The molecule has 3 aliphatic carbocycles. The Balaban J connectivity index is 1.58. The van der Waals surface area contributed by atoms with Crippen LogP contribution in [0.2, 0.25) is 0 Å². The number of hydrogen-bond donors (Lipinski definition) is 1. The summed E-state index contributed by atoms with van der Waals surface area (Å²) in [6, 6.07) is 0.342. The molecule has 0 saturated heterocycles. The van der Waals surface area contributed by atoms with Crippen LogP contribution in [0.5, 0.6) is 0 Å². The zero-order chi connectivity index (χ0) is 18.7. The molecule has 0 radical (unpaired) electrons. The Morgan fingerprint density at radius 3 is 2.69 bits per heavy atom. The second-order valence-corrected chi connectivity index (χ2v) is 9.87. The number of rotatable bonds is 3. The van der Waals surface area contributed by atoms with Gasteiger partial charge >= 0.3 is 5.97 Å². The summed E-state index contributed by atoms with van der Waals surface area (Å²) >= 11 is 0. The summed E-state index contributed by atoms with van der Waals surface area (Å²) in [6.07, 6.45) is 12.4. The van der Waals surface area contributed by atoms with Crippen LogP contribution in [0, 0.1) is 34.5 Å². The number of carbonyl (C=O) groups excluding carboxylic acids is 1. The predicted molar refractivity (Wildman–Crippen MR) is 100 cm³/mol. The van der Waals surface area contributed by atoms with Gasteiger partial charge in [-0.2, -0.15) is 0 Å². The van der Waals surface area contributed by atoms with Crippen LogP contribution in [0.4, 0.5) is 0 Å². The van der Waals surface area contributed by atoms with Crippen molar-refractivity contribution in [2.24, 2.45) is 34.5 Å². The number of carbonyl (C=O) groups is 2. The first-order chi connectivity index (χ1) is 12.3. The Kier molecular flexibility index (Phi) is 4.24. The van der Waals surface area contributed by atoms with E-state index in [-0.39, 0.29) is 11.3 Å². The molecular weight excluding hydrogens is 326 g/mol. The number of hydrogen-bond acceptors (Lipinski definition) is 2. The highest BCUT2D eigenvalue weighted by Crippen LogP contribution is 2.66. The first kappa shape index (κ1) is 18.1. The van der Waals surface area contributed by atoms with Crippen LogP contribution in [0.1, 0.15) is 65.2 Å². The van der Waals surface area contributed by atoms with Crippen LogP contribution in [0.25, 0.3) is 0 Å². The maximum atomic E-state index is 12.1. The number of nitrogens with zero attached hydrogens (tertiary/aromatic N) is 1. The monoisotopic (exact) mass is 359 g/mol. The zero-order valence-corrected chi connectivity index (χ0v) is 16.4. The molecule has 144 valence electrons. The SMILES string of the molecule is CN1C(=O)C=C[C@]2(C)C3CC[C@@]4(C)C(CC[C@@H]4CCC(=O)O)C3CC[C@@H]12. The summed E-state index contributed by atoms with van der Waals surface area (Å²) in [5.41, 5.74) is 0.423. The Morgan fingerprint density at radius 1 is 1.19 bits per heavy atom. The van der Waals surface area contributed by atoms with Gasteiger partial charge < -0.3 is 10.0 Å². The standard InChI is InChI=1S/C22H33NO3/c1-21-12-10-17-15(16(21)7-4-14(21)5-9-20(25)26)6-8-18-22(17,2)13-11-19(24)23(18)3/h11,13-18H,4-10,12H2,1-3H3,(H,25,26)/t14-,15?,16?,17?,18-,21-,22-/m1/s1. The maximum absolute atomic E-state index is 12.1. The van der Waals surface area contributed by atoms with Crippen LogP contribution < -0.4 is 0 Å². The summed E-state index contributed by atoms with van der Waals surface area (Å²) in [5.74, 6) is 2.19. The van der Waals surface area contributed by atoms with E-state index in [4.69, 9.17) is 5.11 Å². The lowest BCUT2D eigenvalue weighted by atomic mass is 9.47. The van der Waals surface area contributed by atoms with Gasteiger partial charge in [0.05, 0.1) is 0 Å². The second-order valence-electron chi connectivity index (χ2n) is 9.87. The van der Waals surface area contributed by atoms with Crippen molar-refractivity contribution in [2.45, 2.75) is 71.3 Å². The van der Waals surface area contributed by atoms with Gasteiger partial charge in [-0.05, 0) is 80.1 Å². The molecule has 3 fully saturated rings. The van der Waals surface area contributed by atoms with Crippen LogP contribution in [0.3, 0.4) is 0 Å². The number of aliphatic carboxylic acids is 1. The molecule has 3 saturated carbocycles. The van der Waals surface area contributed by atoms with Crippen molar-refractivity contribution in [3.8, 4) is 0 Å². The van der Waals surface area contributed by atoms with E-state index in [1.54, 1.807) is 6.08 Å². The predicted octanol–water partition coefficient (Wildman–Crippen LogP) is 4.11. The van der Waals surface area contributed by atoms with Gasteiger partial charge in [0.25, 0.3) is 0 Å². The molecule has 4 rings (SSSR count). The molecular formula is C22H33NO3. The third-order valence-corrected chi connectivity index (χ3v) is 9.03. The Labute approximate surface area is 157 Å². The average molecular weight is 360 g/mol. The minimum Gasteiger partial charge on any atom is -0.481 e. The lowest BCUT2D eigenvalue weighted by molar-refractivity contribution is -0.140. The normalized spacial score (nSPS) is 47.3. The summed E-state index contributed by atoms with van der Waals surface area (Å²) in [6.45, 7) is 4.83. The summed E-state index contributed by atoms with van der Waals surface area (Å²) in [7, 11) is 1.97. The number of carboxylic acids is 1. The molecule has 7 atom stereocenters. The van der Waals surface area contributed by atoms with Crippen LogP contribution in [-0.4, -0.2) is 35.0 Å². The minimum absolute atomic E-state index is 0.103. The topological polar surface area (TPSA) is 57.6 Å². The van der Waals surface area contributed by atoms with E-state index in [2.05, 4.69) is 19.9 Å². The number of likely N-dealkylation sites (N-methyl/N-ethyl adjacent to an activating group) is 1. The van der Waals surface area contributed by atoms with Crippen molar-refractivity contribution in [1.82, 2.24) is 4.90 Å². The van der Waals surface area contributed by atoms with Gasteiger partial charge in [0.2, 0.25) is 5.91 Å². The van der Waals surface area contributed by atoms with E-state index in [1.165, 1.54) is 32.1 Å². The van der Waals surface area contributed by atoms with Crippen molar-refractivity contribution in [3.63, 3.8) is 0 Å². The van der Waals surface area contributed by atoms with E-state index in [0.717, 1.165) is 24.7 Å². The molecule has 0 aromatic rings. The fourth-order valence-corrected chi connectivity index (χ4v) is 7.62. The van der Waals surface area contributed by atoms with E-state index in [1.807, 2.05) is 11.9 Å².